The second kappa shape index (κ2) is 11.5. The molecule has 0 spiro atoms. The molecule has 0 fully saturated rings. The van der Waals surface area contributed by atoms with Gasteiger partial charge in [-0.05, 0) is 67.2 Å². The number of benzene rings is 2. The quantitative estimate of drug-likeness (QED) is 0.297. The highest BCUT2D eigenvalue weighted by Crippen LogP contribution is 2.44. The monoisotopic (exact) mass is 466 g/mol. The maximum atomic E-state index is 13.3. The van der Waals surface area contributed by atoms with Gasteiger partial charge in [0.25, 0.3) is 0 Å². The normalized spacial score (nSPS) is 13.3. The van der Waals surface area contributed by atoms with Crippen LogP contribution < -0.4 is 4.74 Å². The molecule has 0 radical (unpaired) electrons. The lowest BCUT2D eigenvalue weighted by Crippen LogP contribution is -2.40. The van der Waals surface area contributed by atoms with Crippen molar-refractivity contribution in [3.05, 3.63) is 70.8 Å². The summed E-state index contributed by atoms with van der Waals surface area (Å²) in [5.41, 5.74) is 4.09. The van der Waals surface area contributed by atoms with E-state index in [1.165, 1.54) is 0 Å². The average Bonchev–Trinajstić information content (AvgIpc) is 3.21. The topological polar surface area (TPSA) is 88.1 Å². The zero-order valence-electron chi connectivity index (χ0n) is 20.0. The van der Waals surface area contributed by atoms with Crippen LogP contribution in [-0.2, 0) is 35.0 Å². The lowest BCUT2D eigenvalue weighted by Gasteiger charge is -2.25. The smallest absolute Gasteiger partial charge is 0.321 e. The first kappa shape index (κ1) is 25.0. The third-order valence-corrected chi connectivity index (χ3v) is 5.68. The number of carbonyl (C=O) groups is 3. The lowest BCUT2D eigenvalue weighted by molar-refractivity contribution is -0.170. The molecule has 2 aromatic rings. The summed E-state index contributed by atoms with van der Waals surface area (Å²) in [5.74, 6) is -4.31. The van der Waals surface area contributed by atoms with Crippen molar-refractivity contribution in [3.8, 4) is 5.75 Å². The molecular formula is C27H30O7. The van der Waals surface area contributed by atoms with Crippen LogP contribution in [-0.4, -0.2) is 44.8 Å². The van der Waals surface area contributed by atoms with E-state index in [-0.39, 0.29) is 19.8 Å². The second-order valence-electron chi connectivity index (χ2n) is 7.68. The van der Waals surface area contributed by atoms with Crippen LogP contribution in [0.3, 0.4) is 0 Å². The molecule has 0 saturated heterocycles. The molecule has 34 heavy (non-hydrogen) atoms. The largest absolute Gasteiger partial charge is 0.497 e. The van der Waals surface area contributed by atoms with E-state index < -0.39 is 29.7 Å². The van der Waals surface area contributed by atoms with Crippen molar-refractivity contribution in [2.24, 2.45) is 11.8 Å². The minimum absolute atomic E-state index is 0.0618. The molecule has 0 aromatic heterocycles. The molecule has 3 rings (SSSR count). The highest BCUT2D eigenvalue weighted by molar-refractivity contribution is 6.02. The van der Waals surface area contributed by atoms with E-state index in [1.54, 1.807) is 27.9 Å². The summed E-state index contributed by atoms with van der Waals surface area (Å²) in [6, 6.07) is 15.2. The Morgan fingerprint density at radius 1 is 0.824 bits per heavy atom. The van der Waals surface area contributed by atoms with Gasteiger partial charge in [-0.2, -0.15) is 0 Å². The summed E-state index contributed by atoms with van der Waals surface area (Å²) < 4.78 is 21.2. The molecule has 0 amide bonds. The maximum Gasteiger partial charge on any atom is 0.321 e. The minimum atomic E-state index is -1.48. The number of fused-ring (bicyclic) bond motifs is 1. The van der Waals surface area contributed by atoms with Crippen molar-refractivity contribution in [1.82, 2.24) is 0 Å². The van der Waals surface area contributed by atoms with E-state index in [9.17, 15) is 14.4 Å². The van der Waals surface area contributed by atoms with E-state index >= 15 is 0 Å². The van der Waals surface area contributed by atoms with Gasteiger partial charge >= 0.3 is 17.9 Å². The van der Waals surface area contributed by atoms with Crippen LogP contribution in [0.2, 0.25) is 0 Å². The lowest BCUT2D eigenvalue weighted by atomic mass is 9.81. The van der Waals surface area contributed by atoms with Gasteiger partial charge in [0, 0.05) is 0 Å². The fourth-order valence-corrected chi connectivity index (χ4v) is 4.31. The molecule has 0 saturated carbocycles. The third kappa shape index (κ3) is 5.14. The van der Waals surface area contributed by atoms with Crippen molar-refractivity contribution < 1.29 is 33.3 Å². The highest BCUT2D eigenvalue weighted by atomic mass is 16.6. The first-order chi connectivity index (χ1) is 16.5. The SMILES string of the molecule is CCOC(=O)C(C(=O)OCC)C(C(=O)OCC)C1=C(c2ccccc2)c2ccc(OC)cc2C1. The molecule has 0 heterocycles. The van der Waals surface area contributed by atoms with Crippen LogP contribution in [0.15, 0.2) is 54.1 Å². The fourth-order valence-electron chi connectivity index (χ4n) is 4.31. The predicted octanol–water partition coefficient (Wildman–Crippen LogP) is 3.97. The van der Waals surface area contributed by atoms with E-state index in [0.717, 1.165) is 22.3 Å². The average molecular weight is 467 g/mol. The Morgan fingerprint density at radius 2 is 1.41 bits per heavy atom. The van der Waals surface area contributed by atoms with Crippen molar-refractivity contribution in [2.75, 3.05) is 26.9 Å². The van der Waals surface area contributed by atoms with Gasteiger partial charge in [0.2, 0.25) is 0 Å². The summed E-state index contributed by atoms with van der Waals surface area (Å²) in [5, 5.41) is 0. The number of methoxy groups -OCH3 is 1. The van der Waals surface area contributed by atoms with Crippen LogP contribution in [0, 0.1) is 11.8 Å². The summed E-state index contributed by atoms with van der Waals surface area (Å²) in [7, 11) is 1.59. The van der Waals surface area contributed by atoms with Crippen molar-refractivity contribution >= 4 is 23.5 Å². The van der Waals surface area contributed by atoms with E-state index in [2.05, 4.69) is 0 Å². The van der Waals surface area contributed by atoms with Gasteiger partial charge in [-0.1, -0.05) is 36.4 Å². The molecule has 7 heteroatoms. The summed E-state index contributed by atoms with van der Waals surface area (Å²) in [6.07, 6.45) is 0.343. The van der Waals surface area contributed by atoms with Gasteiger partial charge in [-0.15, -0.1) is 0 Å². The van der Waals surface area contributed by atoms with Gasteiger partial charge in [-0.3, -0.25) is 14.4 Å². The number of carbonyl (C=O) groups excluding carboxylic acids is 3. The highest BCUT2D eigenvalue weighted by Gasteiger charge is 2.47. The van der Waals surface area contributed by atoms with Crippen molar-refractivity contribution in [1.29, 1.82) is 0 Å². The van der Waals surface area contributed by atoms with E-state index in [1.807, 2.05) is 48.5 Å². The van der Waals surface area contributed by atoms with Gasteiger partial charge in [-0.25, -0.2) is 0 Å². The first-order valence-electron chi connectivity index (χ1n) is 11.4. The van der Waals surface area contributed by atoms with Crippen molar-refractivity contribution in [3.63, 3.8) is 0 Å². The number of rotatable bonds is 10. The molecule has 0 bridgehead atoms. The van der Waals surface area contributed by atoms with Crippen LogP contribution in [0.1, 0.15) is 37.5 Å². The Bertz CT molecular complexity index is 1050. The Kier molecular flexibility index (Phi) is 8.46. The van der Waals surface area contributed by atoms with Gasteiger partial charge < -0.3 is 18.9 Å². The molecule has 2 aromatic carbocycles. The second-order valence-corrected chi connectivity index (χ2v) is 7.68. The van der Waals surface area contributed by atoms with Gasteiger partial charge in [0.15, 0.2) is 5.92 Å². The Labute approximate surface area is 199 Å². The molecule has 7 nitrogen and oxygen atoms in total. The van der Waals surface area contributed by atoms with E-state index in [4.69, 9.17) is 18.9 Å². The predicted molar refractivity (Wildman–Crippen MR) is 126 cm³/mol. The van der Waals surface area contributed by atoms with Gasteiger partial charge in [0.1, 0.15) is 11.7 Å². The molecule has 1 atom stereocenters. The first-order valence-corrected chi connectivity index (χ1v) is 11.4. The van der Waals surface area contributed by atoms with Crippen LogP contribution in [0.25, 0.3) is 5.57 Å². The zero-order valence-corrected chi connectivity index (χ0v) is 20.0. The summed E-state index contributed by atoms with van der Waals surface area (Å²) in [4.78, 5) is 39.4. The molecule has 1 aliphatic carbocycles. The van der Waals surface area contributed by atoms with E-state index in [0.29, 0.717) is 17.7 Å². The van der Waals surface area contributed by atoms with Crippen molar-refractivity contribution in [2.45, 2.75) is 27.2 Å². The number of hydrogen-bond donors (Lipinski definition) is 0. The molecule has 180 valence electrons. The third-order valence-electron chi connectivity index (χ3n) is 5.68. The Hall–Kier alpha value is -3.61. The fraction of sp³-hybridized carbons (Fsp3) is 0.370. The number of ether oxygens (including phenoxy) is 4. The molecule has 1 aliphatic rings. The molecule has 0 N–H and O–H groups in total. The minimum Gasteiger partial charge on any atom is -0.497 e. The summed E-state index contributed by atoms with van der Waals surface area (Å²) in [6.45, 7) is 5.19. The molecule has 1 unspecified atom stereocenters. The zero-order chi connectivity index (χ0) is 24.7. The Morgan fingerprint density at radius 3 is 1.97 bits per heavy atom. The number of hydrogen-bond acceptors (Lipinski definition) is 7. The number of esters is 3. The Balaban J connectivity index is 2.25. The van der Waals surface area contributed by atoms with Crippen LogP contribution in [0.4, 0.5) is 0 Å². The molecule has 0 aliphatic heterocycles. The van der Waals surface area contributed by atoms with Crippen LogP contribution in [0.5, 0.6) is 5.75 Å². The van der Waals surface area contributed by atoms with Gasteiger partial charge in [0.05, 0.1) is 26.9 Å². The standard InChI is InChI=1S/C27H30O7/c1-5-32-25(28)23(24(26(29)33-6-2)27(30)34-7-3)21-16-18-15-19(31-4)13-14-20(18)22(21)17-11-9-8-10-12-17/h8-15,23-24H,5-7,16H2,1-4H3. The summed E-state index contributed by atoms with van der Waals surface area (Å²) >= 11 is 0. The maximum absolute atomic E-state index is 13.3. The van der Waals surface area contributed by atoms with Crippen LogP contribution >= 0.6 is 0 Å². The molecular weight excluding hydrogens is 436 g/mol.